The summed E-state index contributed by atoms with van der Waals surface area (Å²) in [5, 5.41) is 1.21. The van der Waals surface area contributed by atoms with E-state index in [0.29, 0.717) is 0 Å². The van der Waals surface area contributed by atoms with Crippen molar-refractivity contribution in [3.05, 3.63) is 11.8 Å². The number of ether oxygens (including phenoxy) is 2. The maximum Gasteiger partial charge on any atom is 0.138 e. The molecule has 0 unspecified atom stereocenters. The van der Waals surface area contributed by atoms with Crippen LogP contribution in [-0.4, -0.2) is 29.7 Å². The van der Waals surface area contributed by atoms with Gasteiger partial charge in [0, 0.05) is 14.2 Å². The van der Waals surface area contributed by atoms with Gasteiger partial charge >= 0.3 is 0 Å². The number of rotatable bonds is 4. The molecule has 0 aromatic carbocycles. The van der Waals surface area contributed by atoms with Crippen LogP contribution in [0.3, 0.4) is 0 Å². The Morgan fingerprint density at radius 1 is 1.44 bits per heavy atom. The maximum absolute atomic E-state index is 4.99. The molecular formula is C6H14O2Si. The van der Waals surface area contributed by atoms with Crippen molar-refractivity contribution in [3.8, 4) is 0 Å². The minimum Gasteiger partial charge on any atom is -0.360 e. The Hall–Kier alpha value is -0.123. The molecule has 0 saturated carbocycles. The Kier molecular flexibility index (Phi) is 4.66. The van der Waals surface area contributed by atoms with Crippen LogP contribution in [0.4, 0.5) is 0 Å². The zero-order valence-electron chi connectivity index (χ0n) is 6.31. The summed E-state index contributed by atoms with van der Waals surface area (Å²) in [5.74, 6) is 0.0162. The molecule has 0 aromatic heterocycles. The second-order valence-electron chi connectivity index (χ2n) is 2.06. The normalized spacial score (nSPS) is 11.6. The van der Waals surface area contributed by atoms with Crippen LogP contribution in [0.5, 0.6) is 0 Å². The fourth-order valence-electron chi connectivity index (χ4n) is 0.547. The highest BCUT2D eigenvalue weighted by atomic mass is 28.2. The Morgan fingerprint density at radius 3 is 2.00 bits per heavy atom. The van der Waals surface area contributed by atoms with Gasteiger partial charge in [-0.15, -0.1) is 6.58 Å². The Labute approximate surface area is 58.7 Å². The number of hydrogen-bond donors (Lipinski definition) is 0. The van der Waals surface area contributed by atoms with Crippen molar-refractivity contribution in [2.45, 2.75) is 12.8 Å². The number of methoxy groups -OCH3 is 2. The number of hydrogen-bond acceptors (Lipinski definition) is 2. The second kappa shape index (κ2) is 4.73. The van der Waals surface area contributed by atoms with E-state index < -0.39 is 0 Å². The first kappa shape index (κ1) is 8.88. The molecule has 0 fully saturated rings. The average molecular weight is 146 g/mol. The van der Waals surface area contributed by atoms with Crippen LogP contribution in [0, 0.1) is 0 Å². The minimum atomic E-state index is -0.379. The van der Waals surface area contributed by atoms with Gasteiger partial charge < -0.3 is 9.47 Å². The summed E-state index contributed by atoms with van der Waals surface area (Å²) in [4.78, 5) is 0. The zero-order valence-corrected chi connectivity index (χ0v) is 7.72. The van der Waals surface area contributed by atoms with Gasteiger partial charge in [-0.25, -0.2) is 0 Å². The molecule has 0 spiro atoms. The van der Waals surface area contributed by atoms with Crippen LogP contribution in [0.25, 0.3) is 0 Å². The minimum absolute atomic E-state index is 0.0162. The maximum atomic E-state index is 4.99. The van der Waals surface area contributed by atoms with Crippen molar-refractivity contribution in [1.29, 1.82) is 0 Å². The fraction of sp³-hybridized carbons (Fsp3) is 0.667. The van der Waals surface area contributed by atoms with E-state index >= 15 is 0 Å². The van der Waals surface area contributed by atoms with E-state index in [0.717, 1.165) is 0 Å². The third kappa shape index (κ3) is 4.38. The molecule has 0 radical (unpaired) electrons. The van der Waals surface area contributed by atoms with Crippen LogP contribution in [0.2, 0.25) is 0 Å². The Balaban J connectivity index is 3.43. The van der Waals surface area contributed by atoms with Crippen molar-refractivity contribution < 1.29 is 9.47 Å². The summed E-state index contributed by atoms with van der Waals surface area (Å²) in [6.07, 6.45) is 0. The molecule has 0 atom stereocenters. The second-order valence-corrected chi connectivity index (χ2v) is 4.34. The molecule has 3 heteroatoms. The smallest absolute Gasteiger partial charge is 0.138 e. The first-order valence-electron chi connectivity index (χ1n) is 2.90. The highest BCUT2D eigenvalue weighted by Gasteiger charge is 2.03. The van der Waals surface area contributed by atoms with Crippen molar-refractivity contribution in [1.82, 2.24) is 0 Å². The summed E-state index contributed by atoms with van der Waals surface area (Å²) in [7, 11) is 2.93. The molecule has 0 rings (SSSR count). The summed E-state index contributed by atoms with van der Waals surface area (Å²) in [5.41, 5.74) is 0. The van der Waals surface area contributed by atoms with E-state index in [1.807, 2.05) is 6.92 Å². The average Bonchev–Trinajstić information content (AvgIpc) is 1.82. The summed E-state index contributed by atoms with van der Waals surface area (Å²) < 4.78 is 9.98. The summed E-state index contributed by atoms with van der Waals surface area (Å²) in [6, 6.07) is 0. The molecule has 0 heterocycles. The van der Waals surface area contributed by atoms with Crippen LogP contribution in [-0.2, 0) is 9.47 Å². The standard InChI is InChI=1S/C6H14O2Si/c1-5(2)9-6(7-3)8-4/h6H,1,9H2,2-4H3. The van der Waals surface area contributed by atoms with Gasteiger partial charge in [0.2, 0.25) is 0 Å². The van der Waals surface area contributed by atoms with Crippen molar-refractivity contribution in [2.24, 2.45) is 0 Å². The highest BCUT2D eigenvalue weighted by molar-refractivity contribution is 6.45. The zero-order chi connectivity index (χ0) is 7.28. The van der Waals surface area contributed by atoms with E-state index in [1.165, 1.54) is 5.20 Å². The van der Waals surface area contributed by atoms with Crippen LogP contribution in [0.1, 0.15) is 6.92 Å². The molecule has 0 aliphatic rings. The van der Waals surface area contributed by atoms with Crippen LogP contribution < -0.4 is 0 Å². The van der Waals surface area contributed by atoms with Gasteiger partial charge in [-0.3, -0.25) is 0 Å². The van der Waals surface area contributed by atoms with E-state index in [4.69, 9.17) is 9.47 Å². The van der Waals surface area contributed by atoms with E-state index in [1.54, 1.807) is 14.2 Å². The quantitative estimate of drug-likeness (QED) is 0.418. The lowest BCUT2D eigenvalue weighted by molar-refractivity contribution is -0.0433. The van der Waals surface area contributed by atoms with E-state index in [-0.39, 0.29) is 15.4 Å². The largest absolute Gasteiger partial charge is 0.360 e. The fourth-order valence-corrected chi connectivity index (χ4v) is 1.45. The van der Waals surface area contributed by atoms with Gasteiger partial charge in [-0.1, -0.05) is 5.20 Å². The third-order valence-corrected chi connectivity index (χ3v) is 2.74. The molecule has 9 heavy (non-hydrogen) atoms. The van der Waals surface area contributed by atoms with Crippen molar-refractivity contribution in [3.63, 3.8) is 0 Å². The molecule has 0 aliphatic heterocycles. The molecule has 0 amide bonds. The first-order chi connectivity index (χ1) is 4.20. The predicted octanol–water partition coefficient (Wildman–Crippen LogP) is 0.265. The van der Waals surface area contributed by atoms with Gasteiger partial charge in [-0.05, 0) is 6.92 Å². The molecule has 0 N–H and O–H groups in total. The van der Waals surface area contributed by atoms with Crippen LogP contribution in [0.15, 0.2) is 11.8 Å². The predicted molar refractivity (Wildman–Crippen MR) is 41.2 cm³/mol. The molecule has 0 aliphatic carbocycles. The van der Waals surface area contributed by atoms with E-state index in [2.05, 4.69) is 6.58 Å². The Morgan fingerprint density at radius 2 is 1.89 bits per heavy atom. The van der Waals surface area contributed by atoms with Crippen molar-refractivity contribution >= 4 is 9.52 Å². The monoisotopic (exact) mass is 146 g/mol. The van der Waals surface area contributed by atoms with Gasteiger partial charge in [0.05, 0.1) is 0 Å². The summed E-state index contributed by atoms with van der Waals surface area (Å²) >= 11 is 0. The number of allylic oxidation sites excluding steroid dienone is 1. The molecule has 0 saturated heterocycles. The summed E-state index contributed by atoms with van der Waals surface area (Å²) in [6.45, 7) is 5.80. The first-order valence-corrected chi connectivity index (χ1v) is 4.43. The lowest BCUT2D eigenvalue weighted by Crippen LogP contribution is -2.21. The Bertz CT molecular complexity index is 89.1. The van der Waals surface area contributed by atoms with Crippen LogP contribution >= 0.6 is 0 Å². The molecule has 2 nitrogen and oxygen atoms in total. The third-order valence-electron chi connectivity index (χ3n) is 1.04. The molecule has 0 aromatic rings. The lowest BCUT2D eigenvalue weighted by Gasteiger charge is -2.11. The van der Waals surface area contributed by atoms with Gasteiger partial charge in [0.1, 0.15) is 15.4 Å². The topological polar surface area (TPSA) is 18.5 Å². The SMILES string of the molecule is C=C(C)[SiH2]C(OC)OC. The van der Waals surface area contributed by atoms with Gasteiger partial charge in [0.15, 0.2) is 0 Å². The van der Waals surface area contributed by atoms with Gasteiger partial charge in [-0.2, -0.15) is 0 Å². The lowest BCUT2D eigenvalue weighted by atomic mass is 10.8. The van der Waals surface area contributed by atoms with Gasteiger partial charge in [0.25, 0.3) is 0 Å². The highest BCUT2D eigenvalue weighted by Crippen LogP contribution is 1.93. The molecule has 0 bridgehead atoms. The van der Waals surface area contributed by atoms with E-state index in [9.17, 15) is 0 Å². The molecular weight excluding hydrogens is 132 g/mol. The van der Waals surface area contributed by atoms with Crippen molar-refractivity contribution in [2.75, 3.05) is 14.2 Å². The molecule has 54 valence electrons.